The Morgan fingerprint density at radius 3 is 2.88 bits per heavy atom. The topological polar surface area (TPSA) is 93.2 Å². The lowest BCUT2D eigenvalue weighted by Gasteiger charge is -2.05. The molecule has 0 aromatic heterocycles. The maximum absolute atomic E-state index is 11.4. The predicted molar refractivity (Wildman–Crippen MR) is 53.6 cm³/mol. The molecule has 1 aromatic carbocycles. The number of benzene rings is 1. The van der Waals surface area contributed by atoms with Gasteiger partial charge in [0.05, 0.1) is 10.5 Å². The van der Waals surface area contributed by atoms with Crippen molar-refractivity contribution < 1.29 is 14.5 Å². The number of nitriles is 1. The first-order valence-corrected chi connectivity index (χ1v) is 4.39. The SMILES string of the molecule is C[C@@H](C#N)OC(=O)c1cccc([N+](=O)[O-])c1. The molecule has 1 aromatic rings. The van der Waals surface area contributed by atoms with Gasteiger partial charge in [-0.1, -0.05) is 6.07 Å². The Labute approximate surface area is 91.2 Å². The minimum absolute atomic E-state index is 0.0521. The summed E-state index contributed by atoms with van der Waals surface area (Å²) in [6.45, 7) is 1.41. The molecule has 0 aliphatic carbocycles. The van der Waals surface area contributed by atoms with Crippen LogP contribution >= 0.6 is 0 Å². The van der Waals surface area contributed by atoms with Crippen molar-refractivity contribution in [3.05, 3.63) is 39.9 Å². The van der Waals surface area contributed by atoms with Crippen molar-refractivity contribution in [2.24, 2.45) is 0 Å². The van der Waals surface area contributed by atoms with Crippen LogP contribution in [0.5, 0.6) is 0 Å². The molecule has 0 unspecified atom stereocenters. The average Bonchev–Trinajstić information content (AvgIpc) is 2.28. The average molecular weight is 220 g/mol. The molecule has 0 fully saturated rings. The molecule has 16 heavy (non-hydrogen) atoms. The zero-order valence-corrected chi connectivity index (χ0v) is 8.41. The number of carbonyl (C=O) groups is 1. The summed E-state index contributed by atoms with van der Waals surface area (Å²) in [4.78, 5) is 21.2. The first kappa shape index (κ1) is 11.7. The van der Waals surface area contributed by atoms with E-state index in [1.165, 1.54) is 25.1 Å². The van der Waals surface area contributed by atoms with E-state index in [-0.39, 0.29) is 11.3 Å². The quantitative estimate of drug-likeness (QED) is 0.438. The number of non-ortho nitro benzene ring substituents is 1. The molecule has 0 N–H and O–H groups in total. The van der Waals surface area contributed by atoms with Gasteiger partial charge in [-0.15, -0.1) is 0 Å². The van der Waals surface area contributed by atoms with Gasteiger partial charge in [0, 0.05) is 12.1 Å². The van der Waals surface area contributed by atoms with Gasteiger partial charge in [-0.3, -0.25) is 10.1 Å². The van der Waals surface area contributed by atoms with Crippen molar-refractivity contribution in [1.82, 2.24) is 0 Å². The maximum Gasteiger partial charge on any atom is 0.339 e. The van der Waals surface area contributed by atoms with Gasteiger partial charge in [-0.2, -0.15) is 5.26 Å². The number of rotatable bonds is 3. The highest BCUT2D eigenvalue weighted by Crippen LogP contribution is 2.14. The van der Waals surface area contributed by atoms with E-state index in [1.807, 2.05) is 0 Å². The number of nitro benzene ring substituents is 1. The molecular formula is C10H8N2O4. The second kappa shape index (κ2) is 4.89. The van der Waals surface area contributed by atoms with E-state index < -0.39 is 17.0 Å². The molecule has 0 heterocycles. The number of nitro groups is 1. The largest absolute Gasteiger partial charge is 0.444 e. The Balaban J connectivity index is 2.89. The summed E-state index contributed by atoms with van der Waals surface area (Å²) in [5.74, 6) is -0.752. The van der Waals surface area contributed by atoms with Crippen LogP contribution in [-0.4, -0.2) is 17.0 Å². The number of carbonyl (C=O) groups excluding carboxylic acids is 1. The zero-order valence-electron chi connectivity index (χ0n) is 8.41. The summed E-state index contributed by atoms with van der Waals surface area (Å²) in [5.41, 5.74) is -0.143. The third kappa shape index (κ3) is 2.78. The molecule has 82 valence electrons. The Bertz CT molecular complexity index is 464. The monoisotopic (exact) mass is 220 g/mol. The van der Waals surface area contributed by atoms with Gasteiger partial charge >= 0.3 is 5.97 Å². The third-order valence-electron chi connectivity index (χ3n) is 1.76. The van der Waals surface area contributed by atoms with Crippen LogP contribution in [-0.2, 0) is 4.74 Å². The molecule has 6 heteroatoms. The molecule has 0 aliphatic rings. The number of ether oxygens (including phenoxy) is 1. The van der Waals surface area contributed by atoms with E-state index in [9.17, 15) is 14.9 Å². The van der Waals surface area contributed by atoms with Crippen LogP contribution in [0.4, 0.5) is 5.69 Å². The second-order valence-corrected chi connectivity index (χ2v) is 2.98. The van der Waals surface area contributed by atoms with Gasteiger partial charge in [-0.05, 0) is 13.0 Å². The highest BCUT2D eigenvalue weighted by molar-refractivity contribution is 5.90. The summed E-state index contributed by atoms with van der Waals surface area (Å²) in [5, 5.41) is 18.9. The minimum atomic E-state index is -0.883. The van der Waals surface area contributed by atoms with Crippen molar-refractivity contribution in [3.63, 3.8) is 0 Å². The highest BCUT2D eigenvalue weighted by Gasteiger charge is 2.14. The van der Waals surface area contributed by atoms with Crippen LogP contribution in [0.2, 0.25) is 0 Å². The fourth-order valence-corrected chi connectivity index (χ4v) is 1.00. The van der Waals surface area contributed by atoms with Crippen LogP contribution in [0.25, 0.3) is 0 Å². The molecule has 1 atom stereocenters. The summed E-state index contributed by atoms with van der Waals surface area (Å²) >= 11 is 0. The van der Waals surface area contributed by atoms with Crippen molar-refractivity contribution >= 4 is 11.7 Å². The first-order valence-electron chi connectivity index (χ1n) is 4.39. The van der Waals surface area contributed by atoms with E-state index in [0.717, 1.165) is 6.07 Å². The van der Waals surface area contributed by atoms with Gasteiger partial charge in [0.2, 0.25) is 0 Å². The van der Waals surface area contributed by atoms with Gasteiger partial charge in [-0.25, -0.2) is 4.79 Å². The summed E-state index contributed by atoms with van der Waals surface area (Å²) < 4.78 is 4.70. The van der Waals surface area contributed by atoms with Gasteiger partial charge in [0.1, 0.15) is 6.07 Å². The fourth-order valence-electron chi connectivity index (χ4n) is 1.00. The van der Waals surface area contributed by atoms with Crippen molar-refractivity contribution in [2.45, 2.75) is 13.0 Å². The molecule has 1 rings (SSSR count). The number of hydrogen-bond acceptors (Lipinski definition) is 5. The molecule has 0 amide bonds. The number of esters is 1. The Morgan fingerprint density at radius 2 is 2.31 bits per heavy atom. The first-order chi connectivity index (χ1) is 7.54. The number of hydrogen-bond donors (Lipinski definition) is 0. The molecule has 0 bridgehead atoms. The number of nitrogens with zero attached hydrogens (tertiary/aromatic N) is 2. The van der Waals surface area contributed by atoms with Gasteiger partial charge in [0.25, 0.3) is 5.69 Å². The van der Waals surface area contributed by atoms with E-state index in [0.29, 0.717) is 0 Å². The maximum atomic E-state index is 11.4. The van der Waals surface area contributed by atoms with Crippen molar-refractivity contribution in [2.75, 3.05) is 0 Å². The lowest BCUT2D eigenvalue weighted by atomic mass is 10.2. The fraction of sp³-hybridized carbons (Fsp3) is 0.200. The van der Waals surface area contributed by atoms with Gasteiger partial charge < -0.3 is 4.74 Å². The molecule has 6 nitrogen and oxygen atoms in total. The summed E-state index contributed by atoms with van der Waals surface area (Å²) in [6.07, 6.45) is -0.883. The molecule has 0 aliphatic heterocycles. The van der Waals surface area contributed by atoms with Gasteiger partial charge in [0.15, 0.2) is 6.10 Å². The molecule has 0 saturated heterocycles. The third-order valence-corrected chi connectivity index (χ3v) is 1.76. The molecule has 0 spiro atoms. The normalized spacial score (nSPS) is 11.2. The molecular weight excluding hydrogens is 212 g/mol. The lowest BCUT2D eigenvalue weighted by Crippen LogP contribution is -2.13. The minimum Gasteiger partial charge on any atom is -0.444 e. The van der Waals surface area contributed by atoms with E-state index in [2.05, 4.69) is 0 Å². The van der Waals surface area contributed by atoms with Crippen molar-refractivity contribution in [3.8, 4) is 6.07 Å². The highest BCUT2D eigenvalue weighted by atomic mass is 16.6. The van der Waals surface area contributed by atoms with E-state index in [1.54, 1.807) is 6.07 Å². The second-order valence-electron chi connectivity index (χ2n) is 2.98. The predicted octanol–water partition coefficient (Wildman–Crippen LogP) is 1.66. The van der Waals surface area contributed by atoms with Crippen LogP contribution in [0.1, 0.15) is 17.3 Å². The standard InChI is InChI=1S/C10H8N2O4/c1-7(6-11)16-10(13)8-3-2-4-9(5-8)12(14)15/h2-5,7H,1H3/t7-/m0/s1. The molecule has 0 radical (unpaired) electrons. The smallest absolute Gasteiger partial charge is 0.339 e. The Hall–Kier alpha value is -2.42. The van der Waals surface area contributed by atoms with Crippen molar-refractivity contribution in [1.29, 1.82) is 5.26 Å². The van der Waals surface area contributed by atoms with E-state index >= 15 is 0 Å². The van der Waals surface area contributed by atoms with Crippen LogP contribution in [0, 0.1) is 21.4 Å². The lowest BCUT2D eigenvalue weighted by molar-refractivity contribution is -0.384. The van der Waals surface area contributed by atoms with Crippen LogP contribution in [0.15, 0.2) is 24.3 Å². The summed E-state index contributed by atoms with van der Waals surface area (Å²) in [7, 11) is 0. The Kier molecular flexibility index (Phi) is 3.56. The Morgan fingerprint density at radius 1 is 1.62 bits per heavy atom. The van der Waals surface area contributed by atoms with E-state index in [4.69, 9.17) is 10.00 Å². The van der Waals surface area contributed by atoms with Crippen LogP contribution in [0.3, 0.4) is 0 Å². The molecule has 0 saturated carbocycles. The zero-order chi connectivity index (χ0) is 12.1. The van der Waals surface area contributed by atoms with Crippen LogP contribution < -0.4 is 0 Å². The summed E-state index contributed by atoms with van der Waals surface area (Å²) in [6, 6.07) is 6.87.